The van der Waals surface area contributed by atoms with Crippen LogP contribution >= 0.6 is 0 Å². The Morgan fingerprint density at radius 2 is 1.83 bits per heavy atom. The molecule has 0 aliphatic heterocycles. The molecule has 1 fully saturated rings. The highest BCUT2D eigenvalue weighted by Crippen LogP contribution is 2.48. The molecule has 6 heteroatoms. The second kappa shape index (κ2) is 8.26. The highest BCUT2D eigenvalue weighted by molar-refractivity contribution is 5.86. The second-order valence-electron chi connectivity index (χ2n) is 8.57. The van der Waals surface area contributed by atoms with Crippen LogP contribution in [0.2, 0.25) is 0 Å². The number of H-pyrrole nitrogens is 1. The van der Waals surface area contributed by atoms with Crippen molar-refractivity contribution < 1.29 is 6.16 Å². The summed E-state index contributed by atoms with van der Waals surface area (Å²) in [5.74, 6) is 0.646. The van der Waals surface area contributed by atoms with Crippen LogP contribution in [-0.2, 0) is 23.0 Å². The highest BCUT2D eigenvalue weighted by atomic mass is 16.5. The quantitative estimate of drug-likeness (QED) is 0.631. The number of aromatic nitrogens is 5. The molecule has 2 aliphatic carbocycles. The smallest absolute Gasteiger partial charge is 0.207 e. The van der Waals surface area contributed by atoms with Crippen molar-refractivity contribution in [2.45, 2.75) is 63.7 Å². The second-order valence-corrected chi connectivity index (χ2v) is 8.57. The van der Waals surface area contributed by atoms with Gasteiger partial charge in [-0.3, -0.25) is 4.98 Å². The molecular weight excluding hydrogens is 374 g/mol. The van der Waals surface area contributed by atoms with Crippen LogP contribution in [0.3, 0.4) is 0 Å². The first-order valence-electron chi connectivity index (χ1n) is 11.3. The van der Waals surface area contributed by atoms with E-state index in [2.05, 4.69) is 57.9 Å². The molecule has 0 bridgehead atoms. The van der Waals surface area contributed by atoms with Gasteiger partial charge in [-0.25, -0.2) is 0 Å². The van der Waals surface area contributed by atoms with E-state index in [0.717, 1.165) is 43.5 Å². The number of pyridine rings is 1. The molecular formula is C24H31N5O. The van der Waals surface area contributed by atoms with Crippen molar-refractivity contribution in [2.24, 2.45) is 0 Å². The Morgan fingerprint density at radius 1 is 1.03 bits per heavy atom. The fraction of sp³-hybridized carbons (Fsp3) is 0.500. The standard InChI is InChI=1S/C24H29N5O.H2/c1-2-30-16-24(14-8-9-15-24)22-21(23-26-28-29-27-23)20(17-10-4-3-5-11-17)18-12-6-7-13-19(18)25-22;/h3-5,10-11H,2,6-9,12-16H2,1H3,(H,26,27,28,29);1H. The van der Waals surface area contributed by atoms with Gasteiger partial charge in [0.1, 0.15) is 0 Å². The van der Waals surface area contributed by atoms with Gasteiger partial charge >= 0.3 is 0 Å². The molecule has 30 heavy (non-hydrogen) atoms. The number of benzene rings is 1. The molecule has 158 valence electrons. The monoisotopic (exact) mass is 405 g/mol. The molecule has 2 aromatic heterocycles. The van der Waals surface area contributed by atoms with Gasteiger partial charge in [-0.15, -0.1) is 10.2 Å². The SMILES string of the molecule is CCOCC1(c2nc3c(c(-c4ccccc4)c2-c2nn[nH]n2)CCCC3)CCCC1.[HH]. The highest BCUT2D eigenvalue weighted by Gasteiger charge is 2.42. The Labute approximate surface area is 179 Å². The molecule has 1 N–H and O–H groups in total. The number of rotatable bonds is 6. The number of aromatic amines is 1. The van der Waals surface area contributed by atoms with Crippen LogP contribution < -0.4 is 0 Å². The summed E-state index contributed by atoms with van der Waals surface area (Å²) in [5.41, 5.74) is 7.17. The van der Waals surface area contributed by atoms with Crippen molar-refractivity contribution in [2.75, 3.05) is 13.2 Å². The van der Waals surface area contributed by atoms with Gasteiger partial charge in [0.15, 0.2) is 0 Å². The molecule has 2 heterocycles. The number of ether oxygens (including phenoxy) is 1. The summed E-state index contributed by atoms with van der Waals surface area (Å²) < 4.78 is 6.03. The van der Waals surface area contributed by atoms with Gasteiger partial charge in [0.05, 0.1) is 17.9 Å². The molecule has 1 aromatic carbocycles. The average Bonchev–Trinajstić information content (AvgIpc) is 3.50. The van der Waals surface area contributed by atoms with Crippen LogP contribution in [-0.4, -0.2) is 38.8 Å². The number of tetrazole rings is 1. The van der Waals surface area contributed by atoms with Crippen molar-refractivity contribution in [3.05, 3.63) is 47.3 Å². The lowest BCUT2D eigenvalue weighted by atomic mass is 9.76. The Balaban J connectivity index is 0.00000231. The maximum Gasteiger partial charge on any atom is 0.207 e. The lowest BCUT2D eigenvalue weighted by Gasteiger charge is -2.33. The normalized spacial score (nSPS) is 17.8. The van der Waals surface area contributed by atoms with E-state index in [9.17, 15) is 0 Å². The number of fused-ring (bicyclic) bond motifs is 1. The van der Waals surface area contributed by atoms with Crippen LogP contribution in [0.4, 0.5) is 0 Å². The fourth-order valence-corrected chi connectivity index (χ4v) is 5.33. The number of nitrogens with one attached hydrogen (secondary N) is 1. The maximum atomic E-state index is 6.03. The first-order chi connectivity index (χ1) is 14.8. The molecule has 0 atom stereocenters. The van der Waals surface area contributed by atoms with E-state index in [4.69, 9.17) is 9.72 Å². The third-order valence-electron chi connectivity index (χ3n) is 6.75. The summed E-state index contributed by atoms with van der Waals surface area (Å²) in [5, 5.41) is 15.4. The number of aryl methyl sites for hydroxylation is 1. The van der Waals surface area contributed by atoms with Gasteiger partial charge in [0, 0.05) is 19.1 Å². The number of hydrogen-bond donors (Lipinski definition) is 1. The van der Waals surface area contributed by atoms with E-state index < -0.39 is 0 Å². The molecule has 0 unspecified atom stereocenters. The van der Waals surface area contributed by atoms with Crippen LogP contribution in [0, 0.1) is 0 Å². The topological polar surface area (TPSA) is 76.6 Å². The van der Waals surface area contributed by atoms with Gasteiger partial charge in [-0.05, 0) is 67.4 Å². The third kappa shape index (κ3) is 3.33. The minimum atomic E-state index is -0.0814. The minimum Gasteiger partial charge on any atom is -0.381 e. The van der Waals surface area contributed by atoms with Gasteiger partial charge in [0.2, 0.25) is 5.82 Å². The molecule has 3 aromatic rings. The predicted octanol–water partition coefficient (Wildman–Crippen LogP) is 4.90. The predicted molar refractivity (Wildman–Crippen MR) is 118 cm³/mol. The third-order valence-corrected chi connectivity index (χ3v) is 6.75. The van der Waals surface area contributed by atoms with Gasteiger partial charge in [-0.2, -0.15) is 5.21 Å². The Kier molecular flexibility index (Phi) is 5.34. The Bertz CT molecular complexity index is 1000. The fourth-order valence-electron chi connectivity index (χ4n) is 5.33. The number of hydrogen-bond acceptors (Lipinski definition) is 5. The zero-order chi connectivity index (χ0) is 20.4. The lowest BCUT2D eigenvalue weighted by molar-refractivity contribution is 0.0919. The molecule has 0 amide bonds. The molecule has 5 rings (SSSR count). The first kappa shape index (κ1) is 19.4. The average molecular weight is 406 g/mol. The summed E-state index contributed by atoms with van der Waals surface area (Å²) in [7, 11) is 0. The van der Waals surface area contributed by atoms with E-state index in [1.54, 1.807) is 0 Å². The maximum absolute atomic E-state index is 6.03. The van der Waals surface area contributed by atoms with Crippen molar-refractivity contribution in [1.29, 1.82) is 0 Å². The minimum absolute atomic E-state index is 0. The zero-order valence-corrected chi connectivity index (χ0v) is 17.7. The van der Waals surface area contributed by atoms with E-state index in [-0.39, 0.29) is 6.84 Å². The zero-order valence-electron chi connectivity index (χ0n) is 17.7. The van der Waals surface area contributed by atoms with E-state index in [0.29, 0.717) is 12.4 Å². The molecule has 0 spiro atoms. The van der Waals surface area contributed by atoms with Crippen molar-refractivity contribution in [3.8, 4) is 22.5 Å². The molecule has 0 saturated heterocycles. The van der Waals surface area contributed by atoms with Crippen LogP contribution in [0.25, 0.3) is 22.5 Å². The van der Waals surface area contributed by atoms with Crippen LogP contribution in [0.15, 0.2) is 30.3 Å². The lowest BCUT2D eigenvalue weighted by Crippen LogP contribution is -2.32. The first-order valence-corrected chi connectivity index (χ1v) is 11.3. The number of nitrogens with zero attached hydrogens (tertiary/aromatic N) is 4. The molecule has 2 aliphatic rings. The van der Waals surface area contributed by atoms with Gasteiger partial charge < -0.3 is 4.74 Å². The summed E-state index contributed by atoms with van der Waals surface area (Å²) >= 11 is 0. The van der Waals surface area contributed by atoms with Crippen molar-refractivity contribution in [1.82, 2.24) is 25.6 Å². The van der Waals surface area contributed by atoms with E-state index >= 15 is 0 Å². The van der Waals surface area contributed by atoms with Gasteiger partial charge in [-0.1, -0.05) is 43.2 Å². The van der Waals surface area contributed by atoms with Crippen LogP contribution in [0.1, 0.15) is 63.8 Å². The van der Waals surface area contributed by atoms with Crippen molar-refractivity contribution >= 4 is 0 Å². The largest absolute Gasteiger partial charge is 0.381 e. The molecule has 6 nitrogen and oxygen atoms in total. The summed E-state index contributed by atoms with van der Waals surface area (Å²) in [4.78, 5) is 5.36. The van der Waals surface area contributed by atoms with Crippen molar-refractivity contribution in [3.63, 3.8) is 0 Å². The Hall–Kier alpha value is -2.60. The summed E-state index contributed by atoms with van der Waals surface area (Å²) in [6.45, 7) is 3.49. The summed E-state index contributed by atoms with van der Waals surface area (Å²) in [6, 6.07) is 10.7. The van der Waals surface area contributed by atoms with Gasteiger partial charge in [0.25, 0.3) is 0 Å². The van der Waals surface area contributed by atoms with E-state index in [1.807, 2.05) is 0 Å². The van der Waals surface area contributed by atoms with E-state index in [1.165, 1.54) is 48.1 Å². The summed E-state index contributed by atoms with van der Waals surface area (Å²) in [6.07, 6.45) is 9.10. The molecule has 0 radical (unpaired) electrons. The Morgan fingerprint density at radius 3 is 2.57 bits per heavy atom. The van der Waals surface area contributed by atoms with Crippen LogP contribution in [0.5, 0.6) is 0 Å². The molecule has 1 saturated carbocycles.